The van der Waals surface area contributed by atoms with Crippen LogP contribution >= 0.6 is 0 Å². The Labute approximate surface area is 81.0 Å². The van der Waals surface area contributed by atoms with Gasteiger partial charge in [0.15, 0.2) is 0 Å². The van der Waals surface area contributed by atoms with Crippen molar-refractivity contribution in [3.63, 3.8) is 0 Å². The predicted molar refractivity (Wildman–Crippen MR) is 54.5 cm³/mol. The van der Waals surface area contributed by atoms with Gasteiger partial charge in [-0.1, -0.05) is 0 Å². The van der Waals surface area contributed by atoms with Crippen molar-refractivity contribution in [2.45, 2.75) is 26.2 Å². The third kappa shape index (κ3) is 6.62. The molecule has 0 radical (unpaired) electrons. The van der Waals surface area contributed by atoms with Crippen LogP contribution in [0.1, 0.15) is 26.2 Å². The van der Waals surface area contributed by atoms with Gasteiger partial charge in [-0.15, -0.1) is 11.8 Å². The van der Waals surface area contributed by atoms with Crippen molar-refractivity contribution >= 4 is 0 Å². The SMILES string of the molecule is CC#CCCNCCOCC1CC1. The van der Waals surface area contributed by atoms with E-state index in [1.54, 1.807) is 0 Å². The Morgan fingerprint density at radius 2 is 2.23 bits per heavy atom. The highest BCUT2D eigenvalue weighted by atomic mass is 16.5. The number of nitrogens with one attached hydrogen (secondary N) is 1. The number of hydrogen-bond donors (Lipinski definition) is 1. The lowest BCUT2D eigenvalue weighted by atomic mass is 10.4. The van der Waals surface area contributed by atoms with Gasteiger partial charge < -0.3 is 10.1 Å². The monoisotopic (exact) mass is 181 g/mol. The molecule has 0 aliphatic heterocycles. The molecule has 2 heteroatoms. The van der Waals surface area contributed by atoms with Crippen molar-refractivity contribution in [3.05, 3.63) is 0 Å². The summed E-state index contributed by atoms with van der Waals surface area (Å²) in [6.07, 6.45) is 3.69. The quantitative estimate of drug-likeness (QED) is 0.474. The van der Waals surface area contributed by atoms with Gasteiger partial charge in [-0.25, -0.2) is 0 Å². The zero-order chi connectivity index (χ0) is 9.36. The smallest absolute Gasteiger partial charge is 0.0591 e. The van der Waals surface area contributed by atoms with Crippen LogP contribution in [0.4, 0.5) is 0 Å². The highest BCUT2D eigenvalue weighted by Crippen LogP contribution is 2.28. The summed E-state index contributed by atoms with van der Waals surface area (Å²) in [7, 11) is 0. The van der Waals surface area contributed by atoms with E-state index in [0.717, 1.165) is 38.6 Å². The maximum atomic E-state index is 5.47. The molecule has 0 saturated heterocycles. The summed E-state index contributed by atoms with van der Waals surface area (Å²) in [4.78, 5) is 0. The van der Waals surface area contributed by atoms with Crippen LogP contribution in [0.25, 0.3) is 0 Å². The molecule has 0 bridgehead atoms. The molecule has 0 aromatic carbocycles. The first kappa shape index (κ1) is 10.6. The van der Waals surface area contributed by atoms with E-state index >= 15 is 0 Å². The van der Waals surface area contributed by atoms with Crippen molar-refractivity contribution in [2.24, 2.45) is 5.92 Å². The van der Waals surface area contributed by atoms with Crippen molar-refractivity contribution in [2.75, 3.05) is 26.3 Å². The highest BCUT2D eigenvalue weighted by Gasteiger charge is 2.20. The summed E-state index contributed by atoms with van der Waals surface area (Å²) in [5.41, 5.74) is 0. The molecule has 13 heavy (non-hydrogen) atoms. The third-order valence-corrected chi connectivity index (χ3v) is 2.08. The zero-order valence-electron chi connectivity index (χ0n) is 8.44. The lowest BCUT2D eigenvalue weighted by Gasteiger charge is -2.03. The Kier molecular flexibility index (Phi) is 5.64. The maximum absolute atomic E-state index is 5.47. The molecule has 1 rings (SSSR count). The molecule has 1 aliphatic rings. The van der Waals surface area contributed by atoms with E-state index in [2.05, 4.69) is 17.2 Å². The molecule has 0 spiro atoms. The first-order valence-corrected chi connectivity index (χ1v) is 5.11. The summed E-state index contributed by atoms with van der Waals surface area (Å²) >= 11 is 0. The van der Waals surface area contributed by atoms with Gasteiger partial charge in [0.05, 0.1) is 6.61 Å². The fourth-order valence-electron chi connectivity index (χ4n) is 1.08. The van der Waals surface area contributed by atoms with Crippen LogP contribution in [-0.4, -0.2) is 26.3 Å². The molecule has 0 unspecified atom stereocenters. The Hall–Kier alpha value is -0.520. The van der Waals surface area contributed by atoms with Crippen LogP contribution in [0.5, 0.6) is 0 Å². The van der Waals surface area contributed by atoms with E-state index in [1.807, 2.05) is 6.92 Å². The minimum Gasteiger partial charge on any atom is -0.380 e. The molecule has 1 N–H and O–H groups in total. The van der Waals surface area contributed by atoms with Gasteiger partial charge in [0, 0.05) is 26.1 Å². The summed E-state index contributed by atoms with van der Waals surface area (Å²) in [6.45, 7) is 5.62. The predicted octanol–water partition coefficient (Wildman–Crippen LogP) is 1.42. The molecule has 0 amide bonds. The highest BCUT2D eigenvalue weighted by molar-refractivity contribution is 4.94. The van der Waals surface area contributed by atoms with E-state index in [1.165, 1.54) is 12.8 Å². The van der Waals surface area contributed by atoms with Crippen molar-refractivity contribution in [1.82, 2.24) is 5.32 Å². The van der Waals surface area contributed by atoms with Crippen LogP contribution in [0.3, 0.4) is 0 Å². The Morgan fingerprint density at radius 3 is 2.92 bits per heavy atom. The molecule has 1 aliphatic carbocycles. The van der Waals surface area contributed by atoms with E-state index in [0.29, 0.717) is 0 Å². The van der Waals surface area contributed by atoms with Gasteiger partial charge >= 0.3 is 0 Å². The second-order valence-electron chi connectivity index (χ2n) is 3.45. The number of hydrogen-bond acceptors (Lipinski definition) is 2. The van der Waals surface area contributed by atoms with E-state index in [-0.39, 0.29) is 0 Å². The van der Waals surface area contributed by atoms with Crippen LogP contribution < -0.4 is 5.32 Å². The summed E-state index contributed by atoms with van der Waals surface area (Å²) in [5.74, 6) is 6.77. The van der Waals surface area contributed by atoms with Crippen LogP contribution in [0.15, 0.2) is 0 Å². The molecule has 74 valence electrons. The maximum Gasteiger partial charge on any atom is 0.0591 e. The topological polar surface area (TPSA) is 21.3 Å². The Balaban J connectivity index is 1.69. The van der Waals surface area contributed by atoms with Gasteiger partial charge in [-0.3, -0.25) is 0 Å². The van der Waals surface area contributed by atoms with Gasteiger partial charge in [0.25, 0.3) is 0 Å². The molecule has 0 atom stereocenters. The molecule has 1 saturated carbocycles. The zero-order valence-corrected chi connectivity index (χ0v) is 8.44. The molecular weight excluding hydrogens is 162 g/mol. The minimum atomic E-state index is 0.843. The van der Waals surface area contributed by atoms with E-state index in [9.17, 15) is 0 Å². The summed E-state index contributed by atoms with van der Waals surface area (Å²) < 4.78 is 5.47. The summed E-state index contributed by atoms with van der Waals surface area (Å²) in [5, 5.41) is 3.29. The van der Waals surface area contributed by atoms with Gasteiger partial charge in [0.2, 0.25) is 0 Å². The second-order valence-corrected chi connectivity index (χ2v) is 3.45. The van der Waals surface area contributed by atoms with Gasteiger partial charge in [-0.2, -0.15) is 0 Å². The van der Waals surface area contributed by atoms with Gasteiger partial charge in [0.1, 0.15) is 0 Å². The van der Waals surface area contributed by atoms with Crippen molar-refractivity contribution in [3.8, 4) is 11.8 Å². The Morgan fingerprint density at radius 1 is 1.38 bits per heavy atom. The molecule has 0 aromatic heterocycles. The van der Waals surface area contributed by atoms with Crippen LogP contribution in [-0.2, 0) is 4.74 Å². The average Bonchev–Trinajstić information content (AvgIpc) is 2.93. The van der Waals surface area contributed by atoms with E-state index < -0.39 is 0 Å². The molecule has 0 heterocycles. The standard InChI is InChI=1S/C11H19NO/c1-2-3-4-7-12-8-9-13-10-11-5-6-11/h11-12H,4-10H2,1H3. The third-order valence-electron chi connectivity index (χ3n) is 2.08. The average molecular weight is 181 g/mol. The molecular formula is C11H19NO. The molecule has 0 aromatic rings. The molecule has 2 nitrogen and oxygen atoms in total. The normalized spacial score (nSPS) is 15.2. The van der Waals surface area contributed by atoms with Crippen molar-refractivity contribution < 1.29 is 4.74 Å². The summed E-state index contributed by atoms with van der Waals surface area (Å²) in [6, 6.07) is 0. The largest absolute Gasteiger partial charge is 0.380 e. The second kappa shape index (κ2) is 6.94. The fourth-order valence-corrected chi connectivity index (χ4v) is 1.08. The first-order valence-electron chi connectivity index (χ1n) is 5.11. The lowest BCUT2D eigenvalue weighted by Crippen LogP contribution is -2.21. The lowest BCUT2D eigenvalue weighted by molar-refractivity contribution is 0.126. The van der Waals surface area contributed by atoms with E-state index in [4.69, 9.17) is 4.74 Å². The molecule has 1 fully saturated rings. The van der Waals surface area contributed by atoms with Crippen molar-refractivity contribution in [1.29, 1.82) is 0 Å². The van der Waals surface area contributed by atoms with Crippen LogP contribution in [0.2, 0.25) is 0 Å². The number of ether oxygens (including phenoxy) is 1. The minimum absolute atomic E-state index is 0.843. The number of rotatable bonds is 7. The Bertz CT molecular complexity index is 176. The first-order chi connectivity index (χ1) is 6.43. The fraction of sp³-hybridized carbons (Fsp3) is 0.818. The van der Waals surface area contributed by atoms with Crippen LogP contribution in [0, 0.1) is 17.8 Å². The van der Waals surface area contributed by atoms with Gasteiger partial charge in [-0.05, 0) is 25.7 Å².